The molecule has 0 bridgehead atoms. The third kappa shape index (κ3) is 5.94. The third-order valence-corrected chi connectivity index (χ3v) is 6.21. The Kier molecular flexibility index (Phi) is 7.99. The molecule has 3 heteroatoms. The van der Waals surface area contributed by atoms with Gasteiger partial charge in [-0.2, -0.15) is 0 Å². The van der Waals surface area contributed by atoms with Gasteiger partial charge in [-0.15, -0.1) is 0 Å². The van der Waals surface area contributed by atoms with Crippen LogP contribution in [0.3, 0.4) is 0 Å². The molecule has 152 valence electrons. The smallest absolute Gasteiger partial charge is 0.165 e. The maximum Gasteiger partial charge on any atom is 0.165 e. The molecule has 0 aromatic heterocycles. The number of ether oxygens (including phenoxy) is 2. The molecule has 2 aliphatic rings. The number of benzene rings is 1. The summed E-state index contributed by atoms with van der Waals surface area (Å²) in [7, 11) is 0. The number of hydrogen-bond acceptors (Lipinski definition) is 2. The molecule has 0 aliphatic carbocycles. The van der Waals surface area contributed by atoms with E-state index in [9.17, 15) is 4.39 Å². The highest BCUT2D eigenvalue weighted by Crippen LogP contribution is 2.33. The molecule has 2 nitrogen and oxygen atoms in total. The standard InChI is InChI=1S/C24H37FO2/c1-3-7-18-11-13-21(26-17-18)10-6-5-9-19-15-20-12-14-22(8-4-2)27-24(20)23(25)16-19/h15-16,18,21-22H,3-14,17H2,1-2H3. The minimum Gasteiger partial charge on any atom is -0.487 e. The largest absolute Gasteiger partial charge is 0.487 e. The van der Waals surface area contributed by atoms with E-state index < -0.39 is 0 Å². The molecule has 1 fully saturated rings. The van der Waals surface area contributed by atoms with Crippen LogP contribution in [0.25, 0.3) is 0 Å². The number of rotatable bonds is 9. The first-order chi connectivity index (χ1) is 13.2. The summed E-state index contributed by atoms with van der Waals surface area (Å²) >= 11 is 0. The summed E-state index contributed by atoms with van der Waals surface area (Å²) in [6.07, 6.45) is 14.2. The molecule has 0 amide bonds. The van der Waals surface area contributed by atoms with Gasteiger partial charge in [0, 0.05) is 6.61 Å². The SMILES string of the molecule is CCCC1CCC(CCCCc2cc(F)c3c(c2)CCC(CCC)O3)OC1. The number of fused-ring (bicyclic) bond motifs is 1. The molecule has 1 aromatic carbocycles. The van der Waals surface area contributed by atoms with Crippen LogP contribution in [-0.4, -0.2) is 18.8 Å². The van der Waals surface area contributed by atoms with E-state index in [1.807, 2.05) is 0 Å². The van der Waals surface area contributed by atoms with Crippen LogP contribution >= 0.6 is 0 Å². The maximum atomic E-state index is 14.5. The lowest BCUT2D eigenvalue weighted by molar-refractivity contribution is -0.0228. The molecule has 3 atom stereocenters. The average molecular weight is 377 g/mol. The van der Waals surface area contributed by atoms with Gasteiger partial charge in [0.25, 0.3) is 0 Å². The summed E-state index contributed by atoms with van der Waals surface area (Å²) in [4.78, 5) is 0. The van der Waals surface area contributed by atoms with Gasteiger partial charge in [0.15, 0.2) is 11.6 Å². The van der Waals surface area contributed by atoms with E-state index in [4.69, 9.17) is 9.47 Å². The minimum absolute atomic E-state index is 0.166. The lowest BCUT2D eigenvalue weighted by atomic mass is 9.92. The first-order valence-electron chi connectivity index (χ1n) is 11.3. The number of hydrogen-bond donors (Lipinski definition) is 0. The fourth-order valence-electron chi connectivity index (χ4n) is 4.67. The van der Waals surface area contributed by atoms with Crippen molar-refractivity contribution in [2.75, 3.05) is 6.61 Å². The number of aryl methyl sites for hydroxylation is 2. The van der Waals surface area contributed by atoms with Gasteiger partial charge in [0.1, 0.15) is 0 Å². The Hall–Kier alpha value is -1.09. The summed E-state index contributed by atoms with van der Waals surface area (Å²) in [5.41, 5.74) is 2.19. The summed E-state index contributed by atoms with van der Waals surface area (Å²) in [5, 5.41) is 0. The van der Waals surface area contributed by atoms with Crippen LogP contribution in [0.15, 0.2) is 12.1 Å². The predicted octanol–water partition coefficient (Wildman–Crippen LogP) is 6.63. The molecule has 27 heavy (non-hydrogen) atoms. The van der Waals surface area contributed by atoms with Crippen molar-refractivity contribution in [2.24, 2.45) is 5.92 Å². The van der Waals surface area contributed by atoms with Gasteiger partial charge in [0.05, 0.1) is 12.2 Å². The van der Waals surface area contributed by atoms with Crippen LogP contribution in [0.1, 0.15) is 89.2 Å². The Bertz CT molecular complexity index is 578. The van der Waals surface area contributed by atoms with Gasteiger partial charge in [-0.25, -0.2) is 4.39 Å². The maximum absolute atomic E-state index is 14.5. The van der Waals surface area contributed by atoms with Crippen molar-refractivity contribution in [1.82, 2.24) is 0 Å². The van der Waals surface area contributed by atoms with Gasteiger partial charge >= 0.3 is 0 Å². The first kappa shape index (κ1) is 20.6. The normalized spacial score (nSPS) is 25.1. The van der Waals surface area contributed by atoms with Gasteiger partial charge in [0.2, 0.25) is 0 Å². The summed E-state index contributed by atoms with van der Waals surface area (Å²) < 4.78 is 26.4. The van der Waals surface area contributed by atoms with Crippen molar-refractivity contribution < 1.29 is 13.9 Å². The Morgan fingerprint density at radius 1 is 0.963 bits per heavy atom. The van der Waals surface area contributed by atoms with Crippen molar-refractivity contribution in [3.63, 3.8) is 0 Å². The number of unbranched alkanes of at least 4 members (excludes halogenated alkanes) is 1. The topological polar surface area (TPSA) is 18.5 Å². The summed E-state index contributed by atoms with van der Waals surface area (Å²) in [6.45, 7) is 5.36. The van der Waals surface area contributed by atoms with Crippen molar-refractivity contribution >= 4 is 0 Å². The third-order valence-electron chi connectivity index (χ3n) is 6.21. The van der Waals surface area contributed by atoms with Gasteiger partial charge < -0.3 is 9.47 Å². The van der Waals surface area contributed by atoms with Gasteiger partial charge in [-0.1, -0.05) is 39.2 Å². The van der Waals surface area contributed by atoms with Crippen LogP contribution in [0.4, 0.5) is 4.39 Å². The molecule has 0 radical (unpaired) electrons. The predicted molar refractivity (Wildman–Crippen MR) is 109 cm³/mol. The molecule has 3 rings (SSSR count). The molecule has 0 N–H and O–H groups in total. The Labute approximate surface area is 164 Å². The van der Waals surface area contributed by atoms with E-state index >= 15 is 0 Å². The molecule has 1 aromatic rings. The van der Waals surface area contributed by atoms with Crippen LogP contribution in [0, 0.1) is 11.7 Å². The molecule has 2 aliphatic heterocycles. The molecule has 2 heterocycles. The highest BCUT2D eigenvalue weighted by atomic mass is 19.1. The number of halogens is 1. The van der Waals surface area contributed by atoms with Gasteiger partial charge in [-0.3, -0.25) is 0 Å². The summed E-state index contributed by atoms with van der Waals surface area (Å²) in [5.74, 6) is 1.13. The lowest BCUT2D eigenvalue weighted by Crippen LogP contribution is -2.25. The van der Waals surface area contributed by atoms with E-state index in [1.165, 1.54) is 25.7 Å². The second-order valence-electron chi connectivity index (χ2n) is 8.57. The fourth-order valence-corrected chi connectivity index (χ4v) is 4.67. The molecule has 0 saturated carbocycles. The zero-order valence-electron chi connectivity index (χ0n) is 17.3. The molecular formula is C24H37FO2. The monoisotopic (exact) mass is 376 g/mol. The Balaban J connectivity index is 1.41. The van der Waals surface area contributed by atoms with E-state index in [2.05, 4.69) is 19.9 Å². The van der Waals surface area contributed by atoms with E-state index in [0.717, 1.165) is 75.0 Å². The van der Waals surface area contributed by atoms with Crippen molar-refractivity contribution in [2.45, 2.75) is 103 Å². The minimum atomic E-state index is -0.166. The summed E-state index contributed by atoms with van der Waals surface area (Å²) in [6, 6.07) is 3.87. The fraction of sp³-hybridized carbons (Fsp3) is 0.750. The van der Waals surface area contributed by atoms with E-state index in [-0.39, 0.29) is 11.9 Å². The second kappa shape index (κ2) is 10.5. The van der Waals surface area contributed by atoms with Crippen molar-refractivity contribution in [3.8, 4) is 5.75 Å². The Morgan fingerprint density at radius 2 is 1.81 bits per heavy atom. The van der Waals surface area contributed by atoms with Crippen LogP contribution < -0.4 is 4.74 Å². The highest BCUT2D eigenvalue weighted by Gasteiger charge is 2.23. The average Bonchev–Trinajstić information content (AvgIpc) is 2.67. The molecular weight excluding hydrogens is 339 g/mol. The zero-order chi connectivity index (χ0) is 19.1. The van der Waals surface area contributed by atoms with Gasteiger partial charge in [-0.05, 0) is 80.9 Å². The van der Waals surface area contributed by atoms with E-state index in [1.54, 1.807) is 6.07 Å². The van der Waals surface area contributed by atoms with Crippen LogP contribution in [0.5, 0.6) is 5.75 Å². The Morgan fingerprint density at radius 3 is 2.56 bits per heavy atom. The first-order valence-corrected chi connectivity index (χ1v) is 11.3. The second-order valence-corrected chi connectivity index (χ2v) is 8.57. The van der Waals surface area contributed by atoms with Crippen LogP contribution in [0.2, 0.25) is 0 Å². The lowest BCUT2D eigenvalue weighted by Gasteiger charge is -2.29. The zero-order valence-corrected chi connectivity index (χ0v) is 17.3. The van der Waals surface area contributed by atoms with Crippen LogP contribution in [-0.2, 0) is 17.6 Å². The van der Waals surface area contributed by atoms with Crippen molar-refractivity contribution in [1.29, 1.82) is 0 Å². The highest BCUT2D eigenvalue weighted by molar-refractivity contribution is 5.40. The molecule has 3 unspecified atom stereocenters. The molecule has 0 spiro atoms. The quantitative estimate of drug-likeness (QED) is 0.450. The molecule has 1 saturated heterocycles. The van der Waals surface area contributed by atoms with Crippen molar-refractivity contribution in [3.05, 3.63) is 29.1 Å². The van der Waals surface area contributed by atoms with E-state index in [0.29, 0.717) is 11.9 Å².